The number of phenolic OH excluding ortho intramolecular Hbond substituents is 1. The lowest BCUT2D eigenvalue weighted by atomic mass is 9.92. The normalized spacial score (nSPS) is 12.5. The van der Waals surface area contributed by atoms with Gasteiger partial charge in [-0.2, -0.15) is 25.3 Å². The second-order valence-electron chi connectivity index (χ2n) is 9.64. The van der Waals surface area contributed by atoms with E-state index in [0.717, 1.165) is 12.1 Å². The van der Waals surface area contributed by atoms with Crippen LogP contribution in [0.25, 0.3) is 0 Å². The van der Waals surface area contributed by atoms with Crippen LogP contribution in [-0.4, -0.2) is 64.4 Å². The molecule has 0 aliphatic carbocycles. The summed E-state index contributed by atoms with van der Waals surface area (Å²) in [6.45, 7) is -1.44. The van der Waals surface area contributed by atoms with Crippen molar-refractivity contribution in [3.63, 3.8) is 0 Å². The van der Waals surface area contributed by atoms with E-state index >= 15 is 0 Å². The third-order valence-corrected chi connectivity index (χ3v) is 8.23. The molecule has 0 aromatic heterocycles. The third-order valence-electron chi connectivity index (χ3n) is 6.13. The molecule has 14 nitrogen and oxygen atoms in total. The molecule has 17 heteroatoms. The zero-order chi connectivity index (χ0) is 31.6. The van der Waals surface area contributed by atoms with Crippen LogP contribution in [-0.2, 0) is 73.7 Å². The predicted octanol–water partition coefficient (Wildman–Crippen LogP) is 1.13. The first kappa shape index (κ1) is 33.2. The van der Waals surface area contributed by atoms with Gasteiger partial charge in [0, 0.05) is 24.0 Å². The molecule has 0 aliphatic rings. The Labute approximate surface area is 241 Å². The van der Waals surface area contributed by atoms with Crippen molar-refractivity contribution in [1.82, 2.24) is 0 Å². The van der Waals surface area contributed by atoms with Crippen LogP contribution >= 0.6 is 0 Å². The lowest BCUT2D eigenvalue weighted by Crippen LogP contribution is -2.07. The Balaban J connectivity index is 2.18. The minimum Gasteiger partial charge on any atom is -0.507 e. The number of rotatable bonds is 12. The van der Waals surface area contributed by atoms with Gasteiger partial charge in [-0.15, -0.1) is 0 Å². The summed E-state index contributed by atoms with van der Waals surface area (Å²) in [6.07, 6.45) is -0.736. The monoisotopic (exact) mass is 648 g/mol. The maximum absolute atomic E-state index is 11.7. The van der Waals surface area contributed by atoms with Crippen LogP contribution in [0.2, 0.25) is 0 Å². The molecule has 0 amide bonds. The Hall–Kier alpha value is -3.29. The van der Waals surface area contributed by atoms with Crippen molar-refractivity contribution in [2.24, 2.45) is 0 Å². The van der Waals surface area contributed by atoms with Gasteiger partial charge in [-0.1, -0.05) is 24.3 Å². The first-order chi connectivity index (χ1) is 19.3. The molecule has 3 rings (SSSR count). The zero-order valence-corrected chi connectivity index (χ0v) is 24.1. The highest BCUT2D eigenvalue weighted by atomic mass is 32.2. The fourth-order valence-corrected chi connectivity index (χ4v) is 6.33. The fourth-order valence-electron chi connectivity index (χ4n) is 4.57. The largest absolute Gasteiger partial charge is 0.507 e. The van der Waals surface area contributed by atoms with Gasteiger partial charge >= 0.3 is 0 Å². The Kier molecular flexibility index (Phi) is 9.90. The number of phenols is 3. The smallest absolute Gasteiger partial charge is 0.269 e. The summed E-state index contributed by atoms with van der Waals surface area (Å²) in [4.78, 5) is 0. The molecule has 42 heavy (non-hydrogen) atoms. The summed E-state index contributed by atoms with van der Waals surface area (Å²) in [6, 6.07) is 7.05. The Bertz CT molecular complexity index is 1720. The highest BCUT2D eigenvalue weighted by Crippen LogP contribution is 2.36. The van der Waals surface area contributed by atoms with E-state index in [4.69, 9.17) is 0 Å². The van der Waals surface area contributed by atoms with Crippen molar-refractivity contribution in [3.05, 3.63) is 86.5 Å². The quantitative estimate of drug-likeness (QED) is 0.128. The van der Waals surface area contributed by atoms with E-state index in [2.05, 4.69) is 0 Å². The molecule has 0 unspecified atom stereocenters. The Morgan fingerprint density at radius 3 is 0.857 bits per heavy atom. The van der Waals surface area contributed by atoms with E-state index in [1.54, 1.807) is 0 Å². The predicted molar refractivity (Wildman–Crippen MR) is 148 cm³/mol. The van der Waals surface area contributed by atoms with Gasteiger partial charge in [-0.25, -0.2) is 0 Å². The SMILES string of the molecule is O=S(=O)(O)Cc1cc(CO)c(O)c(Cc2cc(CS(=O)(=O)O)cc(Cc3cc(CS(=O)(=O)O)cc(CO)c3O)c2O)c1. The van der Waals surface area contributed by atoms with Gasteiger partial charge in [0.2, 0.25) is 0 Å². The average molecular weight is 649 g/mol. The molecule has 0 atom stereocenters. The van der Waals surface area contributed by atoms with Crippen LogP contribution < -0.4 is 0 Å². The van der Waals surface area contributed by atoms with Gasteiger partial charge in [0.05, 0.1) is 13.2 Å². The summed E-state index contributed by atoms with van der Waals surface area (Å²) in [5.74, 6) is -4.06. The van der Waals surface area contributed by atoms with Crippen molar-refractivity contribution in [2.45, 2.75) is 43.3 Å². The van der Waals surface area contributed by atoms with Crippen molar-refractivity contribution in [1.29, 1.82) is 0 Å². The molecular formula is C25H28O14S3. The molecule has 0 radical (unpaired) electrons. The number of aliphatic hydroxyl groups excluding tert-OH is 2. The summed E-state index contributed by atoms with van der Waals surface area (Å²) in [7, 11) is -13.6. The van der Waals surface area contributed by atoms with Gasteiger partial charge in [0.25, 0.3) is 30.4 Å². The maximum atomic E-state index is 11.7. The van der Waals surface area contributed by atoms with Crippen molar-refractivity contribution < 1.29 is 64.4 Å². The minimum absolute atomic E-state index is 0.0136. The van der Waals surface area contributed by atoms with Gasteiger partial charge in [-0.05, 0) is 51.1 Å². The molecule has 3 aromatic rings. The topological polar surface area (TPSA) is 264 Å². The van der Waals surface area contributed by atoms with Gasteiger partial charge in [-0.3, -0.25) is 13.7 Å². The molecule has 230 valence electrons. The van der Waals surface area contributed by atoms with E-state index < -0.39 is 78.1 Å². The second-order valence-corrected chi connectivity index (χ2v) is 14.0. The molecule has 8 N–H and O–H groups in total. The van der Waals surface area contributed by atoms with E-state index in [1.165, 1.54) is 24.3 Å². The highest BCUT2D eigenvalue weighted by molar-refractivity contribution is 7.85. The average Bonchev–Trinajstić information content (AvgIpc) is 2.82. The molecule has 0 heterocycles. The summed E-state index contributed by atoms with van der Waals surface area (Å²) in [5.41, 5.74) is -0.394. The third kappa shape index (κ3) is 9.10. The van der Waals surface area contributed by atoms with Crippen LogP contribution in [0.15, 0.2) is 36.4 Å². The fraction of sp³-hybridized carbons (Fsp3) is 0.280. The van der Waals surface area contributed by atoms with Crippen LogP contribution in [0.1, 0.15) is 50.1 Å². The van der Waals surface area contributed by atoms with Crippen LogP contribution in [0.4, 0.5) is 0 Å². The highest BCUT2D eigenvalue weighted by Gasteiger charge is 2.21. The van der Waals surface area contributed by atoms with Crippen LogP contribution in [0, 0.1) is 0 Å². The molecule has 0 saturated carbocycles. The van der Waals surface area contributed by atoms with E-state index in [9.17, 15) is 64.4 Å². The lowest BCUT2D eigenvalue weighted by Gasteiger charge is -2.17. The Morgan fingerprint density at radius 1 is 0.429 bits per heavy atom. The first-order valence-electron chi connectivity index (χ1n) is 11.9. The van der Waals surface area contributed by atoms with Crippen molar-refractivity contribution in [3.8, 4) is 17.2 Å². The van der Waals surface area contributed by atoms with Gasteiger partial charge in [0.1, 0.15) is 34.5 Å². The number of benzene rings is 3. The summed E-state index contributed by atoms with van der Waals surface area (Å²) < 4.78 is 96.8. The van der Waals surface area contributed by atoms with Crippen LogP contribution in [0.3, 0.4) is 0 Å². The summed E-state index contributed by atoms with van der Waals surface area (Å²) in [5, 5.41) is 51.6. The second kappa shape index (κ2) is 12.5. The van der Waals surface area contributed by atoms with E-state index in [1.807, 2.05) is 0 Å². The molecule has 0 bridgehead atoms. The molecule has 0 saturated heterocycles. The number of aromatic hydroxyl groups is 3. The van der Waals surface area contributed by atoms with Gasteiger partial charge in [0.15, 0.2) is 0 Å². The number of hydrogen-bond donors (Lipinski definition) is 8. The molecule has 0 spiro atoms. The lowest BCUT2D eigenvalue weighted by molar-refractivity contribution is 0.274. The van der Waals surface area contributed by atoms with E-state index in [0.29, 0.717) is 0 Å². The first-order valence-corrected chi connectivity index (χ1v) is 16.7. The van der Waals surface area contributed by atoms with Gasteiger partial charge < -0.3 is 25.5 Å². The minimum atomic E-state index is -4.60. The van der Waals surface area contributed by atoms with Crippen molar-refractivity contribution >= 4 is 30.4 Å². The molecule has 0 fully saturated rings. The van der Waals surface area contributed by atoms with E-state index in [-0.39, 0.29) is 62.9 Å². The molecule has 0 aliphatic heterocycles. The van der Waals surface area contributed by atoms with Crippen LogP contribution in [0.5, 0.6) is 17.2 Å². The van der Waals surface area contributed by atoms with Crippen molar-refractivity contribution in [2.75, 3.05) is 0 Å². The summed E-state index contributed by atoms with van der Waals surface area (Å²) >= 11 is 0. The standard InChI is InChI=1S/C25H28O14S3/c26-9-21-5-15(12-41(34,35)36)3-19(24(21)29)7-17-1-14(11-40(31,32)33)2-18(23(17)28)8-20-4-16(13-42(37,38)39)6-22(10-27)25(20)30/h1-6,26-30H,7-13H2,(H,31,32,33)(H,34,35,36)(H,37,38,39). The molecular weight excluding hydrogens is 620 g/mol. The number of hydrogen-bond acceptors (Lipinski definition) is 11. The zero-order valence-electron chi connectivity index (χ0n) is 21.7. The molecule has 3 aromatic carbocycles. The Morgan fingerprint density at radius 2 is 0.643 bits per heavy atom. The maximum Gasteiger partial charge on any atom is 0.269 e. The number of aliphatic hydroxyl groups is 2.